The number of nitrogens with zero attached hydrogens (tertiary/aromatic N) is 1. The van der Waals surface area contributed by atoms with Gasteiger partial charge in [0.05, 0.1) is 5.75 Å². The molecule has 5 nitrogen and oxygen atoms in total. The van der Waals surface area contributed by atoms with Crippen LogP contribution in [0, 0.1) is 5.92 Å². The Kier molecular flexibility index (Phi) is 4.35. The summed E-state index contributed by atoms with van der Waals surface area (Å²) in [6.45, 7) is 3.94. The van der Waals surface area contributed by atoms with Gasteiger partial charge in [0.1, 0.15) is 9.90 Å². The number of anilines is 2. The van der Waals surface area contributed by atoms with Gasteiger partial charge in [-0.15, -0.1) is 0 Å². The van der Waals surface area contributed by atoms with Gasteiger partial charge in [-0.05, 0) is 43.6 Å². The molecule has 1 aliphatic carbocycles. The maximum atomic E-state index is 12.2. The number of hydrogen-bond donors (Lipinski definition) is 2. The topological polar surface area (TPSA) is 85.1 Å². The third kappa shape index (κ3) is 3.02. The minimum absolute atomic E-state index is 0.113. The zero-order valence-electron chi connectivity index (χ0n) is 11.3. The first-order valence-electron chi connectivity index (χ1n) is 6.70. The van der Waals surface area contributed by atoms with Gasteiger partial charge in [0, 0.05) is 6.04 Å². The summed E-state index contributed by atoms with van der Waals surface area (Å²) in [6, 6.07) is 0.268. The highest BCUT2D eigenvalue weighted by atomic mass is 32.2. The molecule has 1 aliphatic rings. The minimum Gasteiger partial charge on any atom is -0.382 e. The van der Waals surface area contributed by atoms with E-state index < -0.39 is 9.84 Å². The molecule has 1 fully saturated rings. The van der Waals surface area contributed by atoms with E-state index >= 15 is 0 Å². The number of nitrogens with one attached hydrogen (secondary N) is 1. The van der Waals surface area contributed by atoms with Gasteiger partial charge in [-0.2, -0.15) is 4.37 Å². The van der Waals surface area contributed by atoms with Crippen LogP contribution in [-0.2, 0) is 9.84 Å². The van der Waals surface area contributed by atoms with E-state index in [0.29, 0.717) is 17.3 Å². The summed E-state index contributed by atoms with van der Waals surface area (Å²) in [5, 5.41) is 3.90. The fourth-order valence-electron chi connectivity index (χ4n) is 2.32. The van der Waals surface area contributed by atoms with Gasteiger partial charge in [-0.3, -0.25) is 0 Å². The number of nitrogens with two attached hydrogens (primary N) is 1. The normalized spacial score (nSPS) is 18.0. The maximum Gasteiger partial charge on any atom is 0.185 e. The molecule has 0 amide bonds. The van der Waals surface area contributed by atoms with Crippen molar-refractivity contribution in [1.82, 2.24) is 4.37 Å². The average molecular weight is 303 g/mol. The molecule has 0 bridgehead atoms. The summed E-state index contributed by atoms with van der Waals surface area (Å²) < 4.78 is 28.4. The van der Waals surface area contributed by atoms with Crippen molar-refractivity contribution in [2.45, 2.75) is 50.5 Å². The smallest absolute Gasteiger partial charge is 0.185 e. The Balaban J connectivity index is 2.22. The molecule has 108 valence electrons. The summed E-state index contributed by atoms with van der Waals surface area (Å²) >= 11 is 1.14. The predicted octanol–water partition coefficient (Wildman–Crippen LogP) is 2.51. The lowest BCUT2D eigenvalue weighted by Crippen LogP contribution is -2.31. The van der Waals surface area contributed by atoms with E-state index in [-0.39, 0.29) is 22.5 Å². The van der Waals surface area contributed by atoms with Gasteiger partial charge in [-0.1, -0.05) is 13.3 Å². The van der Waals surface area contributed by atoms with E-state index in [2.05, 4.69) is 16.6 Å². The third-order valence-corrected chi connectivity index (χ3v) is 6.58. The highest BCUT2D eigenvalue weighted by molar-refractivity contribution is 7.91. The summed E-state index contributed by atoms with van der Waals surface area (Å²) in [5.74, 6) is 0.870. The van der Waals surface area contributed by atoms with Crippen LogP contribution in [-0.4, -0.2) is 24.6 Å². The van der Waals surface area contributed by atoms with Crippen LogP contribution in [0.1, 0.15) is 39.5 Å². The van der Waals surface area contributed by atoms with Crippen LogP contribution in [0.4, 0.5) is 10.8 Å². The van der Waals surface area contributed by atoms with Crippen LogP contribution in [0.15, 0.2) is 4.90 Å². The molecule has 0 saturated heterocycles. The van der Waals surface area contributed by atoms with Crippen LogP contribution in [0.2, 0.25) is 0 Å². The molecule has 1 aromatic rings. The second-order valence-electron chi connectivity index (χ2n) is 5.17. The minimum atomic E-state index is -3.33. The van der Waals surface area contributed by atoms with Crippen LogP contribution < -0.4 is 11.1 Å². The molecule has 2 rings (SSSR count). The molecule has 0 spiro atoms. The second-order valence-corrected chi connectivity index (χ2v) is 7.99. The summed E-state index contributed by atoms with van der Waals surface area (Å²) in [7, 11) is -3.33. The molecule has 19 heavy (non-hydrogen) atoms. The highest BCUT2D eigenvalue weighted by Gasteiger charge is 2.29. The molecule has 0 aliphatic heterocycles. The summed E-state index contributed by atoms with van der Waals surface area (Å²) in [6.07, 6.45) is 4.26. The molecule has 3 N–H and O–H groups in total. The van der Waals surface area contributed by atoms with E-state index in [0.717, 1.165) is 11.5 Å². The standard InChI is InChI=1S/C12H21N3O2S2/c1-3-7-19(16,17)10-11(13)15-18-12(10)14-8(2)9-5-4-6-9/h8-9,14H,3-7H2,1-2H3,(H2,13,15). The predicted molar refractivity (Wildman–Crippen MR) is 79.3 cm³/mol. The van der Waals surface area contributed by atoms with Crippen molar-refractivity contribution >= 4 is 32.2 Å². The van der Waals surface area contributed by atoms with Crippen molar-refractivity contribution < 1.29 is 8.42 Å². The molecule has 0 aromatic carbocycles. The molecular weight excluding hydrogens is 282 g/mol. The Hall–Kier alpha value is -0.820. The molecule has 1 saturated carbocycles. The van der Waals surface area contributed by atoms with Gasteiger partial charge in [0.25, 0.3) is 0 Å². The van der Waals surface area contributed by atoms with Gasteiger partial charge < -0.3 is 11.1 Å². The molecule has 7 heteroatoms. The van der Waals surface area contributed by atoms with Crippen LogP contribution in [0.5, 0.6) is 0 Å². The Bertz CT molecular complexity index is 535. The first-order valence-corrected chi connectivity index (χ1v) is 9.12. The van der Waals surface area contributed by atoms with E-state index in [1.807, 2.05) is 6.92 Å². The zero-order valence-corrected chi connectivity index (χ0v) is 13.0. The van der Waals surface area contributed by atoms with Crippen molar-refractivity contribution in [1.29, 1.82) is 0 Å². The largest absolute Gasteiger partial charge is 0.382 e. The van der Waals surface area contributed by atoms with Crippen LogP contribution in [0.25, 0.3) is 0 Å². The van der Waals surface area contributed by atoms with Crippen molar-refractivity contribution in [2.75, 3.05) is 16.8 Å². The Morgan fingerprint density at radius 3 is 2.74 bits per heavy atom. The second kappa shape index (κ2) is 5.66. The Labute approximate surface area is 118 Å². The molecule has 0 radical (unpaired) electrons. The average Bonchev–Trinajstić information content (AvgIpc) is 2.57. The first-order chi connectivity index (χ1) is 8.95. The highest BCUT2D eigenvalue weighted by Crippen LogP contribution is 2.36. The maximum absolute atomic E-state index is 12.2. The third-order valence-electron chi connectivity index (χ3n) is 3.67. The van der Waals surface area contributed by atoms with Crippen molar-refractivity contribution in [3.8, 4) is 0 Å². The zero-order chi connectivity index (χ0) is 14.0. The Morgan fingerprint density at radius 1 is 1.53 bits per heavy atom. The molecule has 1 unspecified atom stereocenters. The lowest BCUT2D eigenvalue weighted by Gasteiger charge is -2.32. The first kappa shape index (κ1) is 14.6. The van der Waals surface area contributed by atoms with E-state index in [1.54, 1.807) is 0 Å². The fourth-order valence-corrected chi connectivity index (χ4v) is 5.03. The van der Waals surface area contributed by atoms with Gasteiger partial charge in [-0.25, -0.2) is 8.42 Å². The van der Waals surface area contributed by atoms with E-state index in [1.165, 1.54) is 19.3 Å². The number of aromatic nitrogens is 1. The number of rotatable bonds is 6. The van der Waals surface area contributed by atoms with Gasteiger partial charge in [0.15, 0.2) is 15.7 Å². The lowest BCUT2D eigenvalue weighted by atomic mass is 9.80. The van der Waals surface area contributed by atoms with Crippen LogP contribution >= 0.6 is 11.5 Å². The van der Waals surface area contributed by atoms with E-state index in [9.17, 15) is 8.42 Å². The van der Waals surface area contributed by atoms with Gasteiger partial charge in [0.2, 0.25) is 0 Å². The fraction of sp³-hybridized carbons (Fsp3) is 0.750. The monoisotopic (exact) mass is 303 g/mol. The van der Waals surface area contributed by atoms with Crippen LogP contribution in [0.3, 0.4) is 0 Å². The van der Waals surface area contributed by atoms with Gasteiger partial charge >= 0.3 is 0 Å². The SMILES string of the molecule is CCCS(=O)(=O)c1c(N)nsc1NC(C)C1CCC1. The molecule has 1 aromatic heterocycles. The Morgan fingerprint density at radius 2 is 2.21 bits per heavy atom. The lowest BCUT2D eigenvalue weighted by molar-refractivity contribution is 0.285. The van der Waals surface area contributed by atoms with E-state index in [4.69, 9.17) is 5.73 Å². The summed E-state index contributed by atoms with van der Waals surface area (Å²) in [5.41, 5.74) is 5.74. The molecule has 1 heterocycles. The number of hydrogen-bond acceptors (Lipinski definition) is 6. The molecular formula is C12H21N3O2S2. The molecule has 1 atom stereocenters. The van der Waals surface area contributed by atoms with Crippen molar-refractivity contribution in [3.63, 3.8) is 0 Å². The van der Waals surface area contributed by atoms with Crippen molar-refractivity contribution in [2.24, 2.45) is 5.92 Å². The van der Waals surface area contributed by atoms with Crippen molar-refractivity contribution in [3.05, 3.63) is 0 Å². The number of nitrogen functional groups attached to an aromatic ring is 1. The number of sulfone groups is 1. The quantitative estimate of drug-likeness (QED) is 0.843. The summed E-state index contributed by atoms with van der Waals surface area (Å²) in [4.78, 5) is 0.200.